The van der Waals surface area contributed by atoms with Gasteiger partial charge in [-0.05, 0) is 0 Å². The molecule has 0 bridgehead atoms. The Kier molecular flexibility index (Phi) is 6.45. The minimum atomic E-state index is -0.624. The van der Waals surface area contributed by atoms with Crippen LogP contribution in [0.3, 0.4) is 0 Å². The predicted octanol–water partition coefficient (Wildman–Crippen LogP) is -1.16. The van der Waals surface area contributed by atoms with Gasteiger partial charge < -0.3 is 19.3 Å². The minimum absolute atomic E-state index is 0.265. The fourth-order valence-electron chi connectivity index (χ4n) is 2.86. The summed E-state index contributed by atoms with van der Waals surface area (Å²) >= 11 is 0. The summed E-state index contributed by atoms with van der Waals surface area (Å²) in [4.78, 5) is 51.2. The minimum Gasteiger partial charge on any atom is -0.452 e. The molecular weight excluding hydrogens is 396 g/mol. The molecule has 160 valence electrons. The summed E-state index contributed by atoms with van der Waals surface area (Å²) in [5.74, 6) is -1.94. The van der Waals surface area contributed by atoms with Gasteiger partial charge in [-0.3, -0.25) is 19.0 Å². The van der Waals surface area contributed by atoms with Gasteiger partial charge in [-0.1, -0.05) is 0 Å². The molecule has 0 saturated carbocycles. The monoisotopic (exact) mass is 418 g/mol. The highest BCUT2D eigenvalue weighted by Crippen LogP contribution is 2.06. The lowest BCUT2D eigenvalue weighted by Crippen LogP contribution is -2.52. The van der Waals surface area contributed by atoms with Crippen molar-refractivity contribution in [2.75, 3.05) is 39.4 Å². The van der Waals surface area contributed by atoms with Gasteiger partial charge >= 0.3 is 11.9 Å². The number of carbonyl (C=O) groups excluding carboxylic acids is 4. The maximum absolute atomic E-state index is 12.2. The third-order valence-corrected chi connectivity index (χ3v) is 4.52. The average Bonchev–Trinajstić information content (AvgIpc) is 3.38. The summed E-state index contributed by atoms with van der Waals surface area (Å²) in [5, 5.41) is 7.74. The van der Waals surface area contributed by atoms with E-state index in [-0.39, 0.29) is 36.2 Å². The molecule has 12 nitrogen and oxygen atoms in total. The van der Waals surface area contributed by atoms with Gasteiger partial charge in [0.25, 0.3) is 11.8 Å². The standard InChI is InChI=1S/C18H22N6O6/c1-21-9-13(7-19-21)17(27)29-11-15(25)23-3-5-24(6-4-23)16(26)12-30-18(28)14-8-20-22(2)10-14/h7-10H,3-6,11-12H2,1-2H3. The third-order valence-electron chi connectivity index (χ3n) is 4.52. The lowest BCUT2D eigenvalue weighted by molar-refractivity contribution is -0.142. The van der Waals surface area contributed by atoms with Crippen LogP contribution in [0.25, 0.3) is 0 Å². The summed E-state index contributed by atoms with van der Waals surface area (Å²) in [6, 6.07) is 0. The number of rotatable bonds is 6. The van der Waals surface area contributed by atoms with Crippen LogP contribution in [-0.2, 0) is 33.2 Å². The zero-order valence-corrected chi connectivity index (χ0v) is 16.7. The summed E-state index contributed by atoms with van der Waals surface area (Å²) in [5.41, 5.74) is 0.531. The van der Waals surface area contributed by atoms with E-state index in [0.717, 1.165) is 0 Å². The molecule has 1 fully saturated rings. The SMILES string of the molecule is Cn1cc(C(=O)OCC(=O)N2CCN(C(=O)COC(=O)c3cnn(C)c3)CC2)cn1. The van der Waals surface area contributed by atoms with Crippen LogP contribution in [0.2, 0.25) is 0 Å². The van der Waals surface area contributed by atoms with E-state index < -0.39 is 11.9 Å². The molecule has 2 amide bonds. The zero-order chi connectivity index (χ0) is 21.7. The van der Waals surface area contributed by atoms with Crippen LogP contribution in [0.1, 0.15) is 20.7 Å². The van der Waals surface area contributed by atoms with Crippen LogP contribution >= 0.6 is 0 Å². The number of ether oxygens (including phenoxy) is 2. The predicted molar refractivity (Wildman–Crippen MR) is 100 cm³/mol. The largest absolute Gasteiger partial charge is 0.452 e. The second-order valence-corrected chi connectivity index (χ2v) is 6.72. The number of esters is 2. The molecule has 2 aromatic rings. The van der Waals surface area contributed by atoms with Crippen LogP contribution in [-0.4, -0.2) is 92.5 Å². The first-order valence-corrected chi connectivity index (χ1v) is 9.20. The molecule has 0 N–H and O–H groups in total. The van der Waals surface area contributed by atoms with E-state index in [4.69, 9.17) is 9.47 Å². The van der Waals surface area contributed by atoms with Gasteiger partial charge in [0.15, 0.2) is 13.2 Å². The molecule has 2 aromatic heterocycles. The summed E-state index contributed by atoms with van der Waals surface area (Å²) in [6.45, 7) is 0.420. The first kappa shape index (κ1) is 21.0. The van der Waals surface area contributed by atoms with Gasteiger partial charge in [-0.25, -0.2) is 9.59 Å². The van der Waals surface area contributed by atoms with Crippen molar-refractivity contribution in [2.45, 2.75) is 0 Å². The second-order valence-electron chi connectivity index (χ2n) is 6.72. The molecule has 0 aliphatic carbocycles. The summed E-state index contributed by atoms with van der Waals surface area (Å²) < 4.78 is 12.9. The Bertz CT molecular complexity index is 866. The topological polar surface area (TPSA) is 129 Å². The molecular formula is C18H22N6O6. The Hall–Kier alpha value is -3.70. The van der Waals surface area contributed by atoms with Crippen molar-refractivity contribution in [3.05, 3.63) is 35.9 Å². The molecule has 3 heterocycles. The molecule has 1 aliphatic heterocycles. The van der Waals surface area contributed by atoms with Crippen LogP contribution in [0, 0.1) is 0 Å². The van der Waals surface area contributed by atoms with Gasteiger partial charge in [0, 0.05) is 52.7 Å². The summed E-state index contributed by atoms with van der Waals surface area (Å²) in [6.07, 6.45) is 5.72. The van der Waals surface area contributed by atoms with Crippen molar-refractivity contribution >= 4 is 23.8 Å². The van der Waals surface area contributed by atoms with Gasteiger partial charge in [0.2, 0.25) is 0 Å². The van der Waals surface area contributed by atoms with E-state index in [1.165, 1.54) is 44.0 Å². The highest BCUT2D eigenvalue weighted by molar-refractivity contribution is 5.91. The van der Waals surface area contributed by atoms with Crippen molar-refractivity contribution in [1.82, 2.24) is 29.4 Å². The highest BCUT2D eigenvalue weighted by Gasteiger charge is 2.26. The molecule has 12 heteroatoms. The van der Waals surface area contributed by atoms with Gasteiger partial charge in [0.05, 0.1) is 23.5 Å². The van der Waals surface area contributed by atoms with Crippen LogP contribution in [0.4, 0.5) is 0 Å². The smallest absolute Gasteiger partial charge is 0.341 e. The van der Waals surface area contributed by atoms with Gasteiger partial charge in [0.1, 0.15) is 0 Å². The van der Waals surface area contributed by atoms with Gasteiger partial charge in [-0.15, -0.1) is 0 Å². The molecule has 0 spiro atoms. The van der Waals surface area contributed by atoms with Crippen LogP contribution in [0.15, 0.2) is 24.8 Å². The Morgan fingerprint density at radius 3 is 1.43 bits per heavy atom. The number of piperazine rings is 1. The highest BCUT2D eigenvalue weighted by atomic mass is 16.5. The van der Waals surface area contributed by atoms with E-state index in [0.29, 0.717) is 26.2 Å². The number of aromatic nitrogens is 4. The Labute approximate surface area is 171 Å². The van der Waals surface area contributed by atoms with Crippen molar-refractivity contribution in [2.24, 2.45) is 14.1 Å². The van der Waals surface area contributed by atoms with E-state index >= 15 is 0 Å². The molecule has 0 unspecified atom stereocenters. The zero-order valence-electron chi connectivity index (χ0n) is 16.7. The van der Waals surface area contributed by atoms with Crippen molar-refractivity contribution in [3.8, 4) is 0 Å². The third kappa shape index (κ3) is 5.21. The molecule has 0 atom stereocenters. The summed E-state index contributed by atoms with van der Waals surface area (Å²) in [7, 11) is 3.34. The second kappa shape index (κ2) is 9.20. The number of aryl methyl sites for hydroxylation is 2. The van der Waals surface area contributed by atoms with E-state index in [1.807, 2.05) is 0 Å². The van der Waals surface area contributed by atoms with E-state index in [1.54, 1.807) is 14.1 Å². The first-order valence-electron chi connectivity index (χ1n) is 9.20. The first-order chi connectivity index (χ1) is 14.3. The Balaban J connectivity index is 1.38. The fourth-order valence-corrected chi connectivity index (χ4v) is 2.86. The van der Waals surface area contributed by atoms with E-state index in [2.05, 4.69) is 10.2 Å². The van der Waals surface area contributed by atoms with Crippen molar-refractivity contribution < 1.29 is 28.7 Å². The van der Waals surface area contributed by atoms with Crippen molar-refractivity contribution in [1.29, 1.82) is 0 Å². The average molecular weight is 418 g/mol. The normalized spacial score (nSPS) is 13.8. The lowest BCUT2D eigenvalue weighted by Gasteiger charge is -2.34. The molecule has 1 aliphatic rings. The number of hydrogen-bond donors (Lipinski definition) is 0. The van der Waals surface area contributed by atoms with Crippen LogP contribution in [0.5, 0.6) is 0 Å². The maximum atomic E-state index is 12.2. The number of nitrogens with zero attached hydrogens (tertiary/aromatic N) is 6. The number of carbonyl (C=O) groups is 4. The maximum Gasteiger partial charge on any atom is 0.341 e. The quantitative estimate of drug-likeness (QED) is 0.537. The lowest BCUT2D eigenvalue weighted by atomic mass is 10.3. The Morgan fingerprint density at radius 1 is 0.767 bits per heavy atom. The van der Waals surface area contributed by atoms with Gasteiger partial charge in [-0.2, -0.15) is 10.2 Å². The molecule has 30 heavy (non-hydrogen) atoms. The Morgan fingerprint density at radius 2 is 1.13 bits per heavy atom. The fraction of sp³-hybridized carbons (Fsp3) is 0.444. The molecule has 0 radical (unpaired) electrons. The molecule has 1 saturated heterocycles. The van der Waals surface area contributed by atoms with Crippen molar-refractivity contribution in [3.63, 3.8) is 0 Å². The molecule has 3 rings (SSSR count). The molecule has 0 aromatic carbocycles. The van der Waals surface area contributed by atoms with E-state index in [9.17, 15) is 19.2 Å². The van der Waals surface area contributed by atoms with Crippen LogP contribution < -0.4 is 0 Å². The number of hydrogen-bond acceptors (Lipinski definition) is 8. The number of amides is 2.